The third-order valence-corrected chi connectivity index (χ3v) is 2.85. The Bertz CT molecular complexity index is 460. The van der Waals surface area contributed by atoms with Crippen LogP contribution in [0, 0.1) is 10.1 Å². The van der Waals surface area contributed by atoms with Crippen molar-refractivity contribution in [2.24, 2.45) is 0 Å². The van der Waals surface area contributed by atoms with Gasteiger partial charge in [-0.1, -0.05) is 6.92 Å². The quantitative estimate of drug-likeness (QED) is 0.508. The van der Waals surface area contributed by atoms with E-state index in [0.29, 0.717) is 18.4 Å². The molecule has 0 unspecified atom stereocenters. The van der Waals surface area contributed by atoms with E-state index < -0.39 is 23.7 Å². The van der Waals surface area contributed by atoms with Gasteiger partial charge in [-0.15, -0.1) is 0 Å². The number of nitro groups is 1. The molecule has 1 amide bonds. The summed E-state index contributed by atoms with van der Waals surface area (Å²) in [5, 5.41) is 32.4. The molecule has 20 heavy (non-hydrogen) atoms. The number of hydrogen-bond donors (Lipinski definition) is 3. The molecule has 0 bridgehead atoms. The van der Waals surface area contributed by atoms with Crippen molar-refractivity contribution in [3.05, 3.63) is 39.9 Å². The van der Waals surface area contributed by atoms with Crippen molar-refractivity contribution in [3.63, 3.8) is 0 Å². The average Bonchev–Trinajstić information content (AvgIpc) is 2.44. The summed E-state index contributed by atoms with van der Waals surface area (Å²) in [6.07, 6.45) is -0.150. The minimum absolute atomic E-state index is 0.0866. The lowest BCUT2D eigenvalue weighted by atomic mass is 10.0. The van der Waals surface area contributed by atoms with E-state index >= 15 is 0 Å². The zero-order chi connectivity index (χ0) is 15.1. The fraction of sp³-hybridized carbons (Fsp3) is 0.462. The minimum atomic E-state index is -1.12. The lowest BCUT2D eigenvalue weighted by Crippen LogP contribution is -2.41. The zero-order valence-electron chi connectivity index (χ0n) is 11.2. The Morgan fingerprint density at radius 2 is 2.00 bits per heavy atom. The van der Waals surface area contributed by atoms with Crippen LogP contribution in [0.1, 0.15) is 31.4 Å². The summed E-state index contributed by atoms with van der Waals surface area (Å²) >= 11 is 0. The van der Waals surface area contributed by atoms with Crippen LogP contribution in [0.15, 0.2) is 24.3 Å². The highest BCUT2D eigenvalue weighted by molar-refractivity contribution is 5.76. The first-order valence-electron chi connectivity index (χ1n) is 6.32. The number of non-ortho nitro benzene ring substituents is 1. The molecule has 0 aliphatic rings. The van der Waals surface area contributed by atoms with Crippen LogP contribution in [0.4, 0.5) is 5.69 Å². The molecule has 0 aliphatic heterocycles. The summed E-state index contributed by atoms with van der Waals surface area (Å²) in [6, 6.07) is 4.49. The van der Waals surface area contributed by atoms with Gasteiger partial charge in [-0.05, 0) is 24.1 Å². The maximum Gasteiger partial charge on any atom is 0.269 e. The van der Waals surface area contributed by atoms with Crippen molar-refractivity contribution in [1.29, 1.82) is 0 Å². The lowest BCUT2D eigenvalue weighted by molar-refractivity contribution is -0.384. The fourth-order valence-corrected chi connectivity index (χ4v) is 1.76. The predicted molar refractivity (Wildman–Crippen MR) is 72.0 cm³/mol. The van der Waals surface area contributed by atoms with E-state index in [0.717, 1.165) is 0 Å². The van der Waals surface area contributed by atoms with Crippen molar-refractivity contribution < 1.29 is 19.9 Å². The molecule has 1 aromatic rings. The molecule has 0 saturated carbocycles. The van der Waals surface area contributed by atoms with Gasteiger partial charge in [0.15, 0.2) is 0 Å². The van der Waals surface area contributed by atoms with Crippen molar-refractivity contribution in [2.75, 3.05) is 6.61 Å². The van der Waals surface area contributed by atoms with Gasteiger partial charge in [-0.25, -0.2) is 0 Å². The Balaban J connectivity index is 2.77. The summed E-state index contributed by atoms with van der Waals surface area (Å²) in [5.41, 5.74) is 0.308. The van der Waals surface area contributed by atoms with E-state index in [1.807, 2.05) is 6.92 Å². The third kappa shape index (κ3) is 4.29. The number of hydrogen-bond acceptors (Lipinski definition) is 5. The van der Waals surface area contributed by atoms with Gasteiger partial charge in [0.2, 0.25) is 5.91 Å². The molecule has 0 aromatic heterocycles. The second kappa shape index (κ2) is 7.56. The van der Waals surface area contributed by atoms with Gasteiger partial charge in [0.05, 0.1) is 17.6 Å². The molecule has 0 aliphatic carbocycles. The molecule has 0 spiro atoms. The highest BCUT2D eigenvalue weighted by Gasteiger charge is 2.22. The third-order valence-electron chi connectivity index (χ3n) is 2.85. The van der Waals surface area contributed by atoms with Gasteiger partial charge in [0.1, 0.15) is 6.10 Å². The van der Waals surface area contributed by atoms with E-state index in [9.17, 15) is 25.1 Å². The van der Waals surface area contributed by atoms with Crippen molar-refractivity contribution in [3.8, 4) is 0 Å². The highest BCUT2D eigenvalue weighted by atomic mass is 16.6. The molecule has 7 nitrogen and oxygen atoms in total. The number of nitrogens with zero attached hydrogens (tertiary/aromatic N) is 1. The Morgan fingerprint density at radius 3 is 2.45 bits per heavy atom. The van der Waals surface area contributed by atoms with Gasteiger partial charge in [-0.2, -0.15) is 0 Å². The van der Waals surface area contributed by atoms with Crippen LogP contribution in [-0.4, -0.2) is 33.7 Å². The number of nitrogens with one attached hydrogen (secondary N) is 1. The molecule has 1 aromatic carbocycles. The van der Waals surface area contributed by atoms with Gasteiger partial charge in [0.25, 0.3) is 5.69 Å². The standard InChI is InChI=1S/C13H18N2O5/c1-2-3-12(17)14-11(8-16)13(18)9-4-6-10(7-5-9)15(19)20/h4-7,11,13,16,18H,2-3,8H2,1H3,(H,14,17)/t11-,13-/m1/s1. The van der Waals surface area contributed by atoms with Gasteiger partial charge in [0, 0.05) is 18.6 Å². The van der Waals surface area contributed by atoms with Crippen LogP contribution >= 0.6 is 0 Å². The lowest BCUT2D eigenvalue weighted by Gasteiger charge is -2.22. The van der Waals surface area contributed by atoms with Crippen LogP contribution in [0.25, 0.3) is 0 Å². The first kappa shape index (κ1) is 16.1. The number of amides is 1. The molecule has 0 fully saturated rings. The number of carbonyl (C=O) groups excluding carboxylic acids is 1. The molecule has 2 atom stereocenters. The summed E-state index contributed by atoms with van der Waals surface area (Å²) in [5.74, 6) is -0.257. The summed E-state index contributed by atoms with van der Waals surface area (Å²) < 4.78 is 0. The van der Waals surface area contributed by atoms with Crippen LogP contribution in [0.5, 0.6) is 0 Å². The van der Waals surface area contributed by atoms with E-state index in [-0.39, 0.29) is 11.6 Å². The second-order valence-corrected chi connectivity index (χ2v) is 4.40. The number of aliphatic hydroxyl groups is 2. The number of benzene rings is 1. The van der Waals surface area contributed by atoms with E-state index in [2.05, 4.69) is 5.32 Å². The Kier molecular flexibility index (Phi) is 6.08. The molecule has 7 heteroatoms. The fourth-order valence-electron chi connectivity index (χ4n) is 1.76. The topological polar surface area (TPSA) is 113 Å². The molecular formula is C13H18N2O5. The smallest absolute Gasteiger partial charge is 0.269 e. The maximum atomic E-state index is 11.5. The van der Waals surface area contributed by atoms with E-state index in [4.69, 9.17) is 0 Å². The van der Waals surface area contributed by atoms with Crippen LogP contribution < -0.4 is 5.32 Å². The Labute approximate surface area is 116 Å². The van der Waals surface area contributed by atoms with Crippen molar-refractivity contribution in [1.82, 2.24) is 5.32 Å². The first-order chi connectivity index (χ1) is 9.49. The van der Waals surface area contributed by atoms with Gasteiger partial charge >= 0.3 is 0 Å². The number of carbonyl (C=O) groups is 1. The summed E-state index contributed by atoms with van der Waals surface area (Å²) in [6.45, 7) is 1.42. The largest absolute Gasteiger partial charge is 0.394 e. The molecule has 0 heterocycles. The zero-order valence-corrected chi connectivity index (χ0v) is 11.2. The molecule has 0 saturated heterocycles. The summed E-state index contributed by atoms with van der Waals surface area (Å²) in [4.78, 5) is 21.5. The van der Waals surface area contributed by atoms with Gasteiger partial charge in [-0.3, -0.25) is 14.9 Å². The minimum Gasteiger partial charge on any atom is -0.394 e. The Morgan fingerprint density at radius 1 is 1.40 bits per heavy atom. The molecule has 1 rings (SSSR count). The average molecular weight is 282 g/mol. The molecular weight excluding hydrogens is 264 g/mol. The van der Waals surface area contributed by atoms with Crippen molar-refractivity contribution >= 4 is 11.6 Å². The SMILES string of the molecule is CCCC(=O)N[C@H](CO)[C@H](O)c1ccc([N+](=O)[O-])cc1. The number of nitro benzene ring substituents is 1. The predicted octanol–water partition coefficient (Wildman–Crippen LogP) is 0.905. The highest BCUT2D eigenvalue weighted by Crippen LogP contribution is 2.20. The van der Waals surface area contributed by atoms with E-state index in [1.54, 1.807) is 0 Å². The van der Waals surface area contributed by atoms with Crippen LogP contribution in [0.3, 0.4) is 0 Å². The first-order valence-corrected chi connectivity index (χ1v) is 6.32. The normalized spacial score (nSPS) is 13.6. The van der Waals surface area contributed by atoms with Crippen molar-refractivity contribution in [2.45, 2.75) is 31.9 Å². The monoisotopic (exact) mass is 282 g/mol. The second-order valence-electron chi connectivity index (χ2n) is 4.40. The van der Waals surface area contributed by atoms with Crippen LogP contribution in [-0.2, 0) is 4.79 Å². The number of aliphatic hydroxyl groups excluding tert-OH is 2. The Hall–Kier alpha value is -1.99. The summed E-state index contributed by atoms with van der Waals surface area (Å²) in [7, 11) is 0. The van der Waals surface area contributed by atoms with E-state index in [1.165, 1.54) is 24.3 Å². The maximum absolute atomic E-state index is 11.5. The van der Waals surface area contributed by atoms with Crippen LogP contribution in [0.2, 0.25) is 0 Å². The molecule has 110 valence electrons. The molecule has 0 radical (unpaired) electrons. The molecule has 3 N–H and O–H groups in total. The van der Waals surface area contributed by atoms with Gasteiger partial charge < -0.3 is 15.5 Å². The number of rotatable bonds is 7.